The number of nitrogens with zero attached hydrogens (tertiary/aromatic N) is 1. The van der Waals surface area contributed by atoms with Gasteiger partial charge in [-0.25, -0.2) is 14.2 Å². The van der Waals surface area contributed by atoms with Gasteiger partial charge in [-0.3, -0.25) is 4.79 Å². The van der Waals surface area contributed by atoms with Crippen molar-refractivity contribution in [2.45, 2.75) is 26.8 Å². The number of anilines is 2. The molecule has 4 aromatic rings. The third-order valence-electron chi connectivity index (χ3n) is 6.03. The molecule has 0 atom stereocenters. The van der Waals surface area contributed by atoms with Gasteiger partial charge in [0.1, 0.15) is 11.6 Å². The van der Waals surface area contributed by atoms with Crippen molar-refractivity contribution in [2.75, 3.05) is 10.6 Å². The number of fused-ring (bicyclic) bond motifs is 1. The highest BCUT2D eigenvalue weighted by atomic mass is 19.1. The number of amides is 3. The molecule has 5 rings (SSSR count). The van der Waals surface area contributed by atoms with Crippen molar-refractivity contribution < 1.29 is 14.0 Å². The molecular formula is C27H24FN5O2. The average Bonchev–Trinajstić information content (AvgIpc) is 3.45. The molecule has 176 valence electrons. The van der Waals surface area contributed by atoms with Gasteiger partial charge in [-0.05, 0) is 66.4 Å². The Morgan fingerprint density at radius 2 is 1.77 bits per heavy atom. The highest BCUT2D eigenvalue weighted by Gasteiger charge is 2.28. The van der Waals surface area contributed by atoms with Gasteiger partial charge in [0.15, 0.2) is 0 Å². The molecule has 0 unspecified atom stereocenters. The zero-order valence-corrected chi connectivity index (χ0v) is 19.3. The third kappa shape index (κ3) is 4.38. The maximum atomic E-state index is 15.2. The lowest BCUT2D eigenvalue weighted by Gasteiger charge is -2.13. The van der Waals surface area contributed by atoms with Crippen LogP contribution in [0.15, 0.2) is 60.8 Å². The van der Waals surface area contributed by atoms with Gasteiger partial charge in [-0.1, -0.05) is 25.1 Å². The van der Waals surface area contributed by atoms with Gasteiger partial charge >= 0.3 is 6.03 Å². The van der Waals surface area contributed by atoms with E-state index in [0.29, 0.717) is 46.0 Å². The van der Waals surface area contributed by atoms with Crippen LogP contribution in [0.1, 0.15) is 34.1 Å². The molecule has 0 fully saturated rings. The van der Waals surface area contributed by atoms with Gasteiger partial charge in [0.05, 0.1) is 5.56 Å². The zero-order chi connectivity index (χ0) is 24.5. The van der Waals surface area contributed by atoms with Crippen molar-refractivity contribution in [3.8, 4) is 22.5 Å². The summed E-state index contributed by atoms with van der Waals surface area (Å²) in [5, 5.41) is 8.27. The predicted octanol–water partition coefficient (Wildman–Crippen LogP) is 5.64. The molecule has 35 heavy (non-hydrogen) atoms. The number of urea groups is 1. The minimum atomic E-state index is -0.501. The Labute approximate surface area is 201 Å². The van der Waals surface area contributed by atoms with E-state index in [-0.39, 0.29) is 5.91 Å². The minimum Gasteiger partial charge on any atom is -0.348 e. The molecule has 3 amide bonds. The summed E-state index contributed by atoms with van der Waals surface area (Å²) < 4.78 is 15.2. The largest absolute Gasteiger partial charge is 0.348 e. The number of aryl methyl sites for hydroxylation is 2. The fourth-order valence-corrected chi connectivity index (χ4v) is 4.32. The van der Waals surface area contributed by atoms with E-state index in [4.69, 9.17) is 0 Å². The third-order valence-corrected chi connectivity index (χ3v) is 6.03. The summed E-state index contributed by atoms with van der Waals surface area (Å²) in [6.45, 7) is 4.23. The summed E-state index contributed by atoms with van der Waals surface area (Å²) in [5.41, 5.74) is 5.83. The Bertz CT molecular complexity index is 1460. The van der Waals surface area contributed by atoms with Crippen LogP contribution in [0.3, 0.4) is 0 Å². The fraction of sp³-hybridized carbons (Fsp3) is 0.148. The Morgan fingerprint density at radius 1 is 1.03 bits per heavy atom. The fourth-order valence-electron chi connectivity index (χ4n) is 4.32. The van der Waals surface area contributed by atoms with E-state index in [1.54, 1.807) is 36.5 Å². The van der Waals surface area contributed by atoms with E-state index in [1.165, 1.54) is 6.07 Å². The minimum absolute atomic E-state index is 0.214. The molecule has 8 heteroatoms. The number of aromatic amines is 1. The van der Waals surface area contributed by atoms with Crippen molar-refractivity contribution >= 4 is 23.3 Å². The summed E-state index contributed by atoms with van der Waals surface area (Å²) >= 11 is 0. The van der Waals surface area contributed by atoms with Gasteiger partial charge in [0, 0.05) is 40.9 Å². The first-order valence-electron chi connectivity index (χ1n) is 11.4. The van der Waals surface area contributed by atoms with Gasteiger partial charge in [0.2, 0.25) is 0 Å². The normalized spacial score (nSPS) is 12.3. The van der Waals surface area contributed by atoms with Crippen LogP contribution in [0.25, 0.3) is 22.5 Å². The maximum absolute atomic E-state index is 15.2. The number of carbonyl (C=O) groups excluding carboxylic acids is 2. The zero-order valence-electron chi connectivity index (χ0n) is 19.3. The van der Waals surface area contributed by atoms with Crippen LogP contribution >= 0.6 is 0 Å². The molecule has 2 heterocycles. The molecule has 0 saturated heterocycles. The number of rotatable bonds is 5. The molecule has 0 bridgehead atoms. The standard InChI is InChI=1S/C27H24FN5O2/c1-3-16-5-4-6-17(11-16)32-27(35)33-18-7-8-20(23(28)12-18)19-9-10-21(25-29-13-15(2)31-25)24-22(19)14-30-26(24)34/h4-13H,3,14H2,1-2H3,(H,29,31)(H,30,34)(H2,32,33,35). The first kappa shape index (κ1) is 22.3. The summed E-state index contributed by atoms with van der Waals surface area (Å²) in [6, 6.07) is 15.2. The van der Waals surface area contributed by atoms with Crippen molar-refractivity contribution in [2.24, 2.45) is 0 Å². The lowest BCUT2D eigenvalue weighted by molar-refractivity contribution is 0.0966. The quantitative estimate of drug-likeness (QED) is 0.304. The number of hydrogen-bond donors (Lipinski definition) is 4. The van der Waals surface area contributed by atoms with Gasteiger partial charge < -0.3 is 20.9 Å². The van der Waals surface area contributed by atoms with E-state index in [9.17, 15) is 9.59 Å². The van der Waals surface area contributed by atoms with Crippen molar-refractivity contribution in [3.63, 3.8) is 0 Å². The molecule has 0 saturated carbocycles. The Hall–Kier alpha value is -4.46. The molecule has 4 N–H and O–H groups in total. The van der Waals surface area contributed by atoms with E-state index in [0.717, 1.165) is 23.2 Å². The number of benzene rings is 3. The molecule has 1 aliphatic heterocycles. The SMILES string of the molecule is CCc1cccc(NC(=O)Nc2ccc(-c3ccc(-c4ncc(C)[nH]4)c4c3CNC4=O)c(F)c2)c1. The van der Waals surface area contributed by atoms with Crippen LogP contribution in [-0.2, 0) is 13.0 Å². The van der Waals surface area contributed by atoms with E-state index in [2.05, 4.69) is 25.9 Å². The smallest absolute Gasteiger partial charge is 0.323 e. The number of carbonyl (C=O) groups is 2. The van der Waals surface area contributed by atoms with E-state index < -0.39 is 11.8 Å². The highest BCUT2D eigenvalue weighted by Crippen LogP contribution is 2.36. The highest BCUT2D eigenvalue weighted by molar-refractivity contribution is 6.06. The molecule has 1 aromatic heterocycles. The molecule has 0 radical (unpaired) electrons. The van der Waals surface area contributed by atoms with E-state index in [1.807, 2.05) is 32.0 Å². The van der Waals surface area contributed by atoms with Crippen molar-refractivity contribution in [1.82, 2.24) is 15.3 Å². The molecule has 1 aliphatic rings. The van der Waals surface area contributed by atoms with Crippen molar-refractivity contribution in [3.05, 3.63) is 89.0 Å². The van der Waals surface area contributed by atoms with Crippen LogP contribution in [0.4, 0.5) is 20.6 Å². The lowest BCUT2D eigenvalue weighted by atomic mass is 9.92. The number of hydrogen-bond acceptors (Lipinski definition) is 3. The second kappa shape index (κ2) is 9.06. The number of nitrogens with one attached hydrogen (secondary N) is 4. The van der Waals surface area contributed by atoms with Gasteiger partial charge in [-0.15, -0.1) is 0 Å². The molecule has 7 nitrogen and oxygen atoms in total. The monoisotopic (exact) mass is 469 g/mol. The number of H-pyrrole nitrogens is 1. The van der Waals surface area contributed by atoms with Crippen LogP contribution in [0, 0.1) is 12.7 Å². The number of aromatic nitrogens is 2. The first-order chi connectivity index (χ1) is 16.9. The average molecular weight is 470 g/mol. The summed E-state index contributed by atoms with van der Waals surface area (Å²) in [4.78, 5) is 32.5. The lowest BCUT2D eigenvalue weighted by Crippen LogP contribution is -2.19. The van der Waals surface area contributed by atoms with Crippen molar-refractivity contribution in [1.29, 1.82) is 0 Å². The summed E-state index contributed by atoms with van der Waals surface area (Å²) in [5.74, 6) is -0.120. The summed E-state index contributed by atoms with van der Waals surface area (Å²) in [7, 11) is 0. The topological polar surface area (TPSA) is 98.9 Å². The van der Waals surface area contributed by atoms with Gasteiger partial charge in [0.25, 0.3) is 5.91 Å². The van der Waals surface area contributed by atoms with Crippen LogP contribution in [0.2, 0.25) is 0 Å². The molecule has 0 spiro atoms. The Balaban J connectivity index is 1.41. The predicted molar refractivity (Wildman–Crippen MR) is 134 cm³/mol. The second-order valence-electron chi connectivity index (χ2n) is 8.44. The maximum Gasteiger partial charge on any atom is 0.323 e. The van der Waals surface area contributed by atoms with Gasteiger partial charge in [-0.2, -0.15) is 0 Å². The van der Waals surface area contributed by atoms with E-state index >= 15 is 4.39 Å². The Kier molecular flexibility index (Phi) is 5.78. The summed E-state index contributed by atoms with van der Waals surface area (Å²) in [6.07, 6.45) is 2.56. The van der Waals surface area contributed by atoms with Crippen LogP contribution in [-0.4, -0.2) is 21.9 Å². The Morgan fingerprint density at radius 3 is 2.49 bits per heavy atom. The number of halogens is 1. The van der Waals surface area contributed by atoms with Crippen LogP contribution < -0.4 is 16.0 Å². The van der Waals surface area contributed by atoms with Crippen LogP contribution in [0.5, 0.6) is 0 Å². The number of imidazole rings is 1. The molecule has 3 aromatic carbocycles. The molecule has 0 aliphatic carbocycles. The second-order valence-corrected chi connectivity index (χ2v) is 8.44. The molecular weight excluding hydrogens is 445 g/mol. The first-order valence-corrected chi connectivity index (χ1v) is 11.4.